The molecule has 0 aromatic carbocycles. The first-order chi connectivity index (χ1) is 7.56. The molecule has 0 aliphatic heterocycles. The van der Waals surface area contributed by atoms with Crippen LogP contribution in [0.2, 0.25) is 0 Å². The lowest BCUT2D eigenvalue weighted by Crippen LogP contribution is -2.39. The summed E-state index contributed by atoms with van der Waals surface area (Å²) < 4.78 is 26.4. The van der Waals surface area contributed by atoms with Gasteiger partial charge in [-0.1, -0.05) is 34.6 Å². The van der Waals surface area contributed by atoms with Gasteiger partial charge < -0.3 is 0 Å². The Kier molecular flexibility index (Phi) is 7.04. The Labute approximate surface area is 111 Å². The molecule has 1 unspecified atom stereocenters. The maximum Gasteiger partial charge on any atom is 0.211 e. The summed E-state index contributed by atoms with van der Waals surface area (Å²) in [5, 5.41) is 0. The molecule has 104 valence electrons. The molecule has 0 saturated carbocycles. The van der Waals surface area contributed by atoms with Crippen LogP contribution >= 0.6 is 11.6 Å². The summed E-state index contributed by atoms with van der Waals surface area (Å²) >= 11 is 5.78. The zero-order chi connectivity index (χ0) is 13.7. The first kappa shape index (κ1) is 17.2. The van der Waals surface area contributed by atoms with E-state index < -0.39 is 10.0 Å². The fourth-order valence-corrected chi connectivity index (χ4v) is 3.45. The van der Waals surface area contributed by atoms with E-state index in [0.717, 1.165) is 6.42 Å². The summed E-state index contributed by atoms with van der Waals surface area (Å²) in [5.74, 6) is 0.929. The molecule has 0 heterocycles. The second-order valence-corrected chi connectivity index (χ2v) is 8.41. The lowest BCUT2D eigenvalue weighted by atomic mass is 9.94. The molecule has 0 saturated heterocycles. The van der Waals surface area contributed by atoms with Gasteiger partial charge in [0.05, 0.1) is 5.75 Å². The van der Waals surface area contributed by atoms with Gasteiger partial charge in [-0.3, -0.25) is 0 Å². The van der Waals surface area contributed by atoms with E-state index in [1.165, 1.54) is 0 Å². The van der Waals surface area contributed by atoms with Crippen LogP contribution in [0.15, 0.2) is 0 Å². The minimum Gasteiger partial charge on any atom is -0.212 e. The van der Waals surface area contributed by atoms with E-state index >= 15 is 0 Å². The van der Waals surface area contributed by atoms with Crippen LogP contribution in [0.5, 0.6) is 0 Å². The van der Waals surface area contributed by atoms with Crippen LogP contribution in [-0.2, 0) is 10.0 Å². The van der Waals surface area contributed by atoms with E-state index in [4.69, 9.17) is 11.6 Å². The zero-order valence-corrected chi connectivity index (χ0v) is 13.2. The fraction of sp³-hybridized carbons (Fsp3) is 1.00. The molecule has 3 nitrogen and oxygen atoms in total. The molecule has 0 amide bonds. The highest BCUT2D eigenvalue weighted by atomic mass is 35.5. The summed E-state index contributed by atoms with van der Waals surface area (Å²) in [4.78, 5) is 0. The average Bonchev–Trinajstić information content (AvgIpc) is 2.12. The van der Waals surface area contributed by atoms with Crippen LogP contribution in [-0.4, -0.2) is 26.1 Å². The molecule has 0 rings (SSSR count). The van der Waals surface area contributed by atoms with Crippen molar-refractivity contribution in [2.24, 2.45) is 11.3 Å². The molecule has 17 heavy (non-hydrogen) atoms. The van der Waals surface area contributed by atoms with Crippen molar-refractivity contribution in [3.8, 4) is 0 Å². The van der Waals surface area contributed by atoms with Gasteiger partial charge in [-0.25, -0.2) is 13.1 Å². The van der Waals surface area contributed by atoms with E-state index in [0.29, 0.717) is 18.2 Å². The van der Waals surface area contributed by atoms with Crippen LogP contribution in [0.25, 0.3) is 0 Å². The number of nitrogens with one attached hydrogen (secondary N) is 1. The Balaban J connectivity index is 4.32. The first-order valence-electron chi connectivity index (χ1n) is 6.12. The van der Waals surface area contributed by atoms with Gasteiger partial charge in [0.2, 0.25) is 10.0 Å². The Morgan fingerprint density at radius 1 is 1.24 bits per heavy atom. The zero-order valence-electron chi connectivity index (χ0n) is 11.6. The standard InChI is InChI=1S/C12H26ClNO2S/c1-10(2)8-11(9-13)14-17(15,16)7-6-12(3,4)5/h10-11,14H,6-9H2,1-5H3. The first-order valence-corrected chi connectivity index (χ1v) is 8.30. The molecule has 1 N–H and O–H groups in total. The summed E-state index contributed by atoms with van der Waals surface area (Å²) in [6, 6.07) is -0.151. The predicted molar refractivity (Wildman–Crippen MR) is 75.0 cm³/mol. The maximum atomic E-state index is 11.9. The smallest absolute Gasteiger partial charge is 0.211 e. The number of halogens is 1. The third-order valence-corrected chi connectivity index (χ3v) is 4.22. The molecule has 0 spiro atoms. The molecule has 1 atom stereocenters. The van der Waals surface area contributed by atoms with Gasteiger partial charge in [0.25, 0.3) is 0 Å². The van der Waals surface area contributed by atoms with Gasteiger partial charge in [-0.2, -0.15) is 0 Å². The van der Waals surface area contributed by atoms with Gasteiger partial charge in [0.15, 0.2) is 0 Å². The SMILES string of the molecule is CC(C)CC(CCl)NS(=O)(=O)CCC(C)(C)C. The Morgan fingerprint density at radius 3 is 2.12 bits per heavy atom. The molecular formula is C12H26ClNO2S. The van der Waals surface area contributed by atoms with Crippen molar-refractivity contribution >= 4 is 21.6 Å². The second kappa shape index (κ2) is 6.95. The molecule has 5 heteroatoms. The van der Waals surface area contributed by atoms with Crippen molar-refractivity contribution in [3.63, 3.8) is 0 Å². The minimum absolute atomic E-state index is 0.0310. The highest BCUT2D eigenvalue weighted by Crippen LogP contribution is 2.19. The molecule has 0 aliphatic carbocycles. The largest absolute Gasteiger partial charge is 0.212 e. The van der Waals surface area contributed by atoms with E-state index in [1.54, 1.807) is 0 Å². The van der Waals surface area contributed by atoms with Crippen LogP contribution in [0, 0.1) is 11.3 Å². The molecule has 0 aliphatic rings. The molecule has 0 bridgehead atoms. The van der Waals surface area contributed by atoms with Crippen molar-refractivity contribution in [2.75, 3.05) is 11.6 Å². The summed E-state index contributed by atoms with van der Waals surface area (Å²) in [5.41, 5.74) is 0.0310. The van der Waals surface area contributed by atoms with Gasteiger partial charge in [-0.15, -0.1) is 11.6 Å². The van der Waals surface area contributed by atoms with Crippen LogP contribution in [0.1, 0.15) is 47.5 Å². The quantitative estimate of drug-likeness (QED) is 0.730. The minimum atomic E-state index is -3.21. The fourth-order valence-electron chi connectivity index (χ4n) is 1.47. The molecule has 0 radical (unpaired) electrons. The van der Waals surface area contributed by atoms with Gasteiger partial charge >= 0.3 is 0 Å². The Morgan fingerprint density at radius 2 is 1.76 bits per heavy atom. The summed E-state index contributed by atoms with van der Waals surface area (Å²) in [6.45, 7) is 10.2. The Hall–Kier alpha value is 0.200. The maximum absolute atomic E-state index is 11.9. The van der Waals surface area contributed by atoms with Crippen molar-refractivity contribution in [1.29, 1.82) is 0 Å². The number of sulfonamides is 1. The molecule has 0 aromatic rings. The second-order valence-electron chi connectivity index (χ2n) is 6.23. The number of hydrogen-bond donors (Lipinski definition) is 1. The third kappa shape index (κ3) is 9.86. The van der Waals surface area contributed by atoms with Crippen LogP contribution in [0.4, 0.5) is 0 Å². The highest BCUT2D eigenvalue weighted by molar-refractivity contribution is 7.89. The van der Waals surface area contributed by atoms with Crippen molar-refractivity contribution in [3.05, 3.63) is 0 Å². The predicted octanol–water partition coefficient (Wildman–Crippen LogP) is 3.00. The summed E-state index contributed by atoms with van der Waals surface area (Å²) in [7, 11) is -3.21. The lowest BCUT2D eigenvalue weighted by Gasteiger charge is -2.21. The molecule has 0 fully saturated rings. The highest BCUT2D eigenvalue weighted by Gasteiger charge is 2.21. The van der Waals surface area contributed by atoms with E-state index in [2.05, 4.69) is 18.6 Å². The number of hydrogen-bond acceptors (Lipinski definition) is 2. The van der Waals surface area contributed by atoms with E-state index in [-0.39, 0.29) is 17.2 Å². The normalized spacial score (nSPS) is 15.2. The van der Waals surface area contributed by atoms with E-state index in [1.807, 2.05) is 20.8 Å². The monoisotopic (exact) mass is 283 g/mol. The van der Waals surface area contributed by atoms with Crippen LogP contribution in [0.3, 0.4) is 0 Å². The van der Waals surface area contributed by atoms with Gasteiger partial charge in [-0.05, 0) is 24.2 Å². The lowest BCUT2D eigenvalue weighted by molar-refractivity contribution is 0.395. The topological polar surface area (TPSA) is 46.2 Å². The van der Waals surface area contributed by atoms with E-state index in [9.17, 15) is 8.42 Å². The number of alkyl halides is 1. The average molecular weight is 284 g/mol. The molecular weight excluding hydrogens is 258 g/mol. The third-order valence-electron chi connectivity index (χ3n) is 2.41. The molecule has 0 aromatic heterocycles. The van der Waals surface area contributed by atoms with Crippen LogP contribution < -0.4 is 4.72 Å². The summed E-state index contributed by atoms with van der Waals surface area (Å²) in [6.07, 6.45) is 1.43. The van der Waals surface area contributed by atoms with Gasteiger partial charge in [0.1, 0.15) is 0 Å². The van der Waals surface area contributed by atoms with Gasteiger partial charge in [0, 0.05) is 11.9 Å². The number of rotatable bonds is 7. The van der Waals surface area contributed by atoms with Crippen molar-refractivity contribution in [1.82, 2.24) is 4.72 Å². The Bertz CT molecular complexity index is 307. The van der Waals surface area contributed by atoms with Crippen molar-refractivity contribution in [2.45, 2.75) is 53.5 Å². The van der Waals surface area contributed by atoms with Crippen molar-refractivity contribution < 1.29 is 8.42 Å².